The summed E-state index contributed by atoms with van der Waals surface area (Å²) < 4.78 is 37.1. The minimum atomic E-state index is -3.58. The van der Waals surface area contributed by atoms with E-state index >= 15 is 0 Å². The molecule has 1 atom stereocenters. The Morgan fingerprint density at radius 1 is 1.05 bits per heavy atom. The second kappa shape index (κ2) is 5.73. The van der Waals surface area contributed by atoms with Crippen molar-refractivity contribution >= 4 is 9.84 Å². The lowest BCUT2D eigenvalue weighted by atomic mass is 10.1. The van der Waals surface area contributed by atoms with E-state index in [1.54, 1.807) is 12.1 Å². The van der Waals surface area contributed by atoms with E-state index in [2.05, 4.69) is 0 Å². The number of aliphatic hydroxyl groups excluding tert-OH is 1. The fourth-order valence-corrected chi connectivity index (χ4v) is 3.18. The molecule has 106 valence electrons. The number of benzene rings is 2. The second-order valence-electron chi connectivity index (χ2n) is 4.66. The zero-order valence-electron chi connectivity index (χ0n) is 11.0. The van der Waals surface area contributed by atoms with Crippen LogP contribution < -0.4 is 0 Å². The standard InChI is InChI=1S/C15H15FO3S/c1-11-2-8-14(9-3-11)20(18,19)10-15(17)12-4-6-13(16)7-5-12/h2-9,15,17H,10H2,1H3/t15-/m1/s1. The van der Waals surface area contributed by atoms with Gasteiger partial charge in [0.25, 0.3) is 0 Å². The van der Waals surface area contributed by atoms with Gasteiger partial charge in [-0.3, -0.25) is 0 Å². The maximum absolute atomic E-state index is 12.8. The molecule has 0 aliphatic heterocycles. The molecule has 0 aliphatic rings. The van der Waals surface area contributed by atoms with Gasteiger partial charge in [0.2, 0.25) is 0 Å². The van der Waals surface area contributed by atoms with Crippen LogP contribution in [0.3, 0.4) is 0 Å². The highest BCUT2D eigenvalue weighted by molar-refractivity contribution is 7.91. The van der Waals surface area contributed by atoms with Gasteiger partial charge in [-0.25, -0.2) is 12.8 Å². The summed E-state index contributed by atoms with van der Waals surface area (Å²) in [6.07, 6.45) is -1.18. The third-order valence-electron chi connectivity index (χ3n) is 3.01. The summed E-state index contributed by atoms with van der Waals surface area (Å²) in [7, 11) is -3.58. The molecular formula is C15H15FO3S. The summed E-state index contributed by atoms with van der Waals surface area (Å²) in [6.45, 7) is 1.86. The van der Waals surface area contributed by atoms with Crippen molar-refractivity contribution in [2.75, 3.05) is 5.75 Å². The lowest BCUT2D eigenvalue weighted by molar-refractivity contribution is 0.201. The van der Waals surface area contributed by atoms with Gasteiger partial charge in [-0.2, -0.15) is 0 Å². The average molecular weight is 294 g/mol. The number of hydrogen-bond donors (Lipinski definition) is 1. The number of aryl methyl sites for hydroxylation is 1. The van der Waals surface area contributed by atoms with E-state index in [0.717, 1.165) is 5.56 Å². The van der Waals surface area contributed by atoms with Crippen LogP contribution in [0.2, 0.25) is 0 Å². The van der Waals surface area contributed by atoms with Gasteiger partial charge in [-0.05, 0) is 36.8 Å². The molecule has 0 unspecified atom stereocenters. The highest BCUT2D eigenvalue weighted by atomic mass is 32.2. The van der Waals surface area contributed by atoms with Crippen molar-refractivity contribution in [3.63, 3.8) is 0 Å². The van der Waals surface area contributed by atoms with Gasteiger partial charge in [-0.1, -0.05) is 29.8 Å². The molecule has 1 N–H and O–H groups in total. The molecule has 3 nitrogen and oxygen atoms in total. The van der Waals surface area contributed by atoms with Crippen LogP contribution in [-0.4, -0.2) is 19.3 Å². The Bertz CT molecular complexity index is 676. The molecule has 20 heavy (non-hydrogen) atoms. The second-order valence-corrected chi connectivity index (χ2v) is 6.70. The fraction of sp³-hybridized carbons (Fsp3) is 0.200. The van der Waals surface area contributed by atoms with Crippen LogP contribution in [0.15, 0.2) is 53.4 Å². The van der Waals surface area contributed by atoms with E-state index in [4.69, 9.17) is 0 Å². The van der Waals surface area contributed by atoms with E-state index in [9.17, 15) is 17.9 Å². The van der Waals surface area contributed by atoms with Crippen molar-refractivity contribution in [3.05, 3.63) is 65.5 Å². The highest BCUT2D eigenvalue weighted by Gasteiger charge is 2.20. The fourth-order valence-electron chi connectivity index (χ4n) is 1.83. The molecular weight excluding hydrogens is 279 g/mol. The largest absolute Gasteiger partial charge is 0.387 e. The smallest absolute Gasteiger partial charge is 0.181 e. The first kappa shape index (κ1) is 14.7. The van der Waals surface area contributed by atoms with Gasteiger partial charge in [0.15, 0.2) is 9.84 Å². The molecule has 0 radical (unpaired) electrons. The zero-order chi connectivity index (χ0) is 14.8. The molecule has 0 saturated carbocycles. The SMILES string of the molecule is Cc1ccc(S(=O)(=O)C[C@@H](O)c2ccc(F)cc2)cc1. The van der Waals surface area contributed by atoms with Crippen molar-refractivity contribution in [1.82, 2.24) is 0 Å². The van der Waals surface area contributed by atoms with Crippen LogP contribution in [0.4, 0.5) is 4.39 Å². The quantitative estimate of drug-likeness (QED) is 0.943. The Labute approximate surface area is 117 Å². The highest BCUT2D eigenvalue weighted by Crippen LogP contribution is 2.20. The molecule has 0 aliphatic carbocycles. The molecule has 2 aromatic carbocycles. The molecule has 0 heterocycles. The molecule has 0 fully saturated rings. The Balaban J connectivity index is 2.19. The minimum absolute atomic E-state index is 0.171. The molecule has 2 aromatic rings. The zero-order valence-corrected chi connectivity index (χ0v) is 11.8. The van der Waals surface area contributed by atoms with Crippen LogP contribution in [0.5, 0.6) is 0 Å². The van der Waals surface area contributed by atoms with Gasteiger partial charge in [0, 0.05) is 0 Å². The van der Waals surface area contributed by atoms with Gasteiger partial charge in [-0.15, -0.1) is 0 Å². The number of rotatable bonds is 4. The summed E-state index contributed by atoms with van der Waals surface area (Å²) in [5.41, 5.74) is 1.34. The van der Waals surface area contributed by atoms with E-state index < -0.39 is 27.5 Å². The number of sulfone groups is 1. The van der Waals surface area contributed by atoms with Gasteiger partial charge in [0.05, 0.1) is 16.8 Å². The Kier molecular flexibility index (Phi) is 4.20. The maximum Gasteiger partial charge on any atom is 0.181 e. The normalized spacial score (nSPS) is 13.2. The van der Waals surface area contributed by atoms with E-state index in [-0.39, 0.29) is 4.90 Å². The lowest BCUT2D eigenvalue weighted by Gasteiger charge is -2.12. The predicted molar refractivity (Wildman–Crippen MR) is 74.6 cm³/mol. The number of hydrogen-bond acceptors (Lipinski definition) is 3. The Morgan fingerprint density at radius 2 is 1.60 bits per heavy atom. The summed E-state index contributed by atoms with van der Waals surface area (Å²) in [5, 5.41) is 9.96. The molecule has 0 spiro atoms. The first-order chi connectivity index (χ1) is 9.38. The Morgan fingerprint density at radius 3 is 2.15 bits per heavy atom. The van der Waals surface area contributed by atoms with Gasteiger partial charge in [0.1, 0.15) is 5.82 Å². The van der Waals surface area contributed by atoms with E-state index in [0.29, 0.717) is 5.56 Å². The number of halogens is 1. The van der Waals surface area contributed by atoms with Crippen molar-refractivity contribution < 1.29 is 17.9 Å². The monoisotopic (exact) mass is 294 g/mol. The summed E-state index contributed by atoms with van der Waals surface area (Å²) >= 11 is 0. The van der Waals surface area contributed by atoms with Crippen LogP contribution >= 0.6 is 0 Å². The molecule has 0 amide bonds. The van der Waals surface area contributed by atoms with Crippen LogP contribution in [0.25, 0.3) is 0 Å². The third kappa shape index (κ3) is 3.43. The van der Waals surface area contributed by atoms with E-state index in [1.807, 2.05) is 6.92 Å². The molecule has 0 bridgehead atoms. The van der Waals surface area contributed by atoms with Crippen LogP contribution in [0, 0.1) is 12.7 Å². The summed E-state index contributed by atoms with van der Waals surface area (Å²) in [4.78, 5) is 0.171. The third-order valence-corrected chi connectivity index (χ3v) is 4.76. The van der Waals surface area contributed by atoms with Crippen LogP contribution in [-0.2, 0) is 9.84 Å². The summed E-state index contributed by atoms with van der Waals surface area (Å²) in [6, 6.07) is 11.6. The van der Waals surface area contributed by atoms with Crippen molar-refractivity contribution in [2.45, 2.75) is 17.9 Å². The summed E-state index contributed by atoms with van der Waals surface area (Å²) in [5.74, 6) is -0.857. The lowest BCUT2D eigenvalue weighted by Crippen LogP contribution is -2.14. The minimum Gasteiger partial charge on any atom is -0.387 e. The first-order valence-corrected chi connectivity index (χ1v) is 7.77. The maximum atomic E-state index is 12.8. The Hall–Kier alpha value is -1.72. The molecule has 0 aromatic heterocycles. The topological polar surface area (TPSA) is 54.4 Å². The van der Waals surface area contributed by atoms with Gasteiger partial charge < -0.3 is 5.11 Å². The van der Waals surface area contributed by atoms with E-state index in [1.165, 1.54) is 36.4 Å². The predicted octanol–water partition coefficient (Wildman–Crippen LogP) is 2.64. The first-order valence-electron chi connectivity index (χ1n) is 6.11. The van der Waals surface area contributed by atoms with Crippen LogP contribution in [0.1, 0.15) is 17.2 Å². The van der Waals surface area contributed by atoms with Gasteiger partial charge >= 0.3 is 0 Å². The number of aliphatic hydroxyl groups is 1. The average Bonchev–Trinajstić information content (AvgIpc) is 2.39. The van der Waals surface area contributed by atoms with Crippen molar-refractivity contribution in [1.29, 1.82) is 0 Å². The molecule has 5 heteroatoms. The molecule has 2 rings (SSSR count). The van der Waals surface area contributed by atoms with Crippen molar-refractivity contribution in [2.24, 2.45) is 0 Å². The molecule has 0 saturated heterocycles. The van der Waals surface area contributed by atoms with Crippen molar-refractivity contribution in [3.8, 4) is 0 Å².